The van der Waals surface area contributed by atoms with Crippen molar-refractivity contribution in [1.82, 2.24) is 4.90 Å². The molecule has 7 heteroatoms. The van der Waals surface area contributed by atoms with Gasteiger partial charge < -0.3 is 15.1 Å². The first kappa shape index (κ1) is 17.8. The molecule has 1 heterocycles. The Kier molecular flexibility index (Phi) is 5.66. The van der Waals surface area contributed by atoms with Gasteiger partial charge in [-0.2, -0.15) is 0 Å². The summed E-state index contributed by atoms with van der Waals surface area (Å²) in [5.41, 5.74) is 1.29. The summed E-state index contributed by atoms with van der Waals surface area (Å²) in [6.07, 6.45) is 0. The van der Waals surface area contributed by atoms with E-state index in [0.717, 1.165) is 0 Å². The molecular formula is C18H18Cl2FN3O. The molecule has 0 saturated carbocycles. The van der Waals surface area contributed by atoms with E-state index in [2.05, 4.69) is 5.32 Å². The number of piperazine rings is 1. The van der Waals surface area contributed by atoms with Crippen LogP contribution in [0, 0.1) is 5.82 Å². The van der Waals surface area contributed by atoms with Gasteiger partial charge in [-0.25, -0.2) is 4.39 Å². The van der Waals surface area contributed by atoms with Crippen molar-refractivity contribution in [3.8, 4) is 0 Å². The number of hydrogen-bond acceptors (Lipinski definition) is 3. The van der Waals surface area contributed by atoms with Crippen LogP contribution in [0.1, 0.15) is 0 Å². The molecule has 0 unspecified atom stereocenters. The molecule has 1 aliphatic rings. The number of carbonyl (C=O) groups is 1. The van der Waals surface area contributed by atoms with Gasteiger partial charge in [-0.1, -0.05) is 35.3 Å². The largest absolute Gasteiger partial charge is 0.376 e. The average molecular weight is 382 g/mol. The Labute approximate surface area is 156 Å². The van der Waals surface area contributed by atoms with Crippen LogP contribution in [-0.2, 0) is 4.79 Å². The van der Waals surface area contributed by atoms with Crippen LogP contribution in [0.2, 0.25) is 10.0 Å². The Morgan fingerprint density at radius 1 is 1.04 bits per heavy atom. The van der Waals surface area contributed by atoms with Gasteiger partial charge in [-0.15, -0.1) is 0 Å². The van der Waals surface area contributed by atoms with E-state index in [1.807, 2.05) is 11.0 Å². The van der Waals surface area contributed by atoms with Crippen molar-refractivity contribution >= 4 is 40.5 Å². The highest BCUT2D eigenvalue weighted by molar-refractivity contribution is 6.35. The summed E-state index contributed by atoms with van der Waals surface area (Å²) in [5, 5.41) is 4.07. The molecule has 1 fully saturated rings. The van der Waals surface area contributed by atoms with E-state index in [0.29, 0.717) is 47.6 Å². The van der Waals surface area contributed by atoms with Gasteiger partial charge >= 0.3 is 0 Å². The molecule has 0 atom stereocenters. The van der Waals surface area contributed by atoms with Crippen LogP contribution in [0.15, 0.2) is 42.5 Å². The maximum atomic E-state index is 13.8. The van der Waals surface area contributed by atoms with E-state index in [1.54, 1.807) is 35.2 Å². The Morgan fingerprint density at radius 3 is 2.32 bits per heavy atom. The molecule has 3 rings (SSSR count). The molecule has 0 aromatic heterocycles. The SMILES string of the molecule is O=C(CNc1cc(Cl)cc(Cl)c1)N1CCN(c2ccccc2F)CC1. The number of halogens is 3. The van der Waals surface area contributed by atoms with Gasteiger partial charge in [0.05, 0.1) is 12.2 Å². The first-order valence-corrected chi connectivity index (χ1v) is 8.76. The van der Waals surface area contributed by atoms with Gasteiger partial charge in [0.1, 0.15) is 5.82 Å². The number of anilines is 2. The third kappa shape index (κ3) is 4.55. The second-order valence-corrected chi connectivity index (χ2v) is 6.70. The highest BCUT2D eigenvalue weighted by Crippen LogP contribution is 2.23. The summed E-state index contributed by atoms with van der Waals surface area (Å²) in [6, 6.07) is 11.8. The van der Waals surface area contributed by atoms with Crippen LogP contribution in [0.3, 0.4) is 0 Å². The smallest absolute Gasteiger partial charge is 0.241 e. The first-order valence-electron chi connectivity index (χ1n) is 8.00. The fraction of sp³-hybridized carbons (Fsp3) is 0.278. The number of hydrogen-bond donors (Lipinski definition) is 1. The lowest BCUT2D eigenvalue weighted by atomic mass is 10.2. The van der Waals surface area contributed by atoms with Crippen molar-refractivity contribution in [3.05, 3.63) is 58.3 Å². The molecule has 25 heavy (non-hydrogen) atoms. The number of para-hydroxylation sites is 1. The number of carbonyl (C=O) groups excluding carboxylic acids is 1. The first-order chi connectivity index (χ1) is 12.0. The summed E-state index contributed by atoms with van der Waals surface area (Å²) >= 11 is 11.9. The lowest BCUT2D eigenvalue weighted by Gasteiger charge is -2.36. The zero-order valence-electron chi connectivity index (χ0n) is 13.5. The molecule has 1 N–H and O–H groups in total. The number of amides is 1. The predicted octanol–water partition coefficient (Wildman–Crippen LogP) is 3.89. The molecule has 1 amide bonds. The maximum Gasteiger partial charge on any atom is 0.241 e. The Balaban J connectivity index is 1.52. The molecule has 0 radical (unpaired) electrons. The zero-order valence-corrected chi connectivity index (χ0v) is 15.0. The molecule has 0 bridgehead atoms. The number of rotatable bonds is 4. The number of nitrogens with one attached hydrogen (secondary N) is 1. The van der Waals surface area contributed by atoms with E-state index in [9.17, 15) is 9.18 Å². The summed E-state index contributed by atoms with van der Waals surface area (Å²) in [6.45, 7) is 2.50. The zero-order chi connectivity index (χ0) is 17.8. The van der Waals surface area contributed by atoms with E-state index in [4.69, 9.17) is 23.2 Å². The van der Waals surface area contributed by atoms with Gasteiger partial charge in [-0.3, -0.25) is 4.79 Å². The second kappa shape index (κ2) is 7.93. The lowest BCUT2D eigenvalue weighted by Crippen LogP contribution is -2.50. The maximum absolute atomic E-state index is 13.8. The standard InChI is InChI=1S/C18H18Cl2FN3O/c19-13-9-14(20)11-15(10-13)22-12-18(25)24-7-5-23(6-8-24)17-4-2-1-3-16(17)21/h1-4,9-11,22H,5-8,12H2. The molecule has 2 aromatic rings. The Bertz CT molecular complexity index is 743. The van der Waals surface area contributed by atoms with Crippen molar-refractivity contribution in [1.29, 1.82) is 0 Å². The molecular weight excluding hydrogens is 364 g/mol. The molecule has 0 aliphatic carbocycles. The molecule has 1 saturated heterocycles. The van der Waals surface area contributed by atoms with E-state index < -0.39 is 0 Å². The topological polar surface area (TPSA) is 35.6 Å². The predicted molar refractivity (Wildman–Crippen MR) is 100 cm³/mol. The van der Waals surface area contributed by atoms with Crippen molar-refractivity contribution in [3.63, 3.8) is 0 Å². The third-order valence-corrected chi connectivity index (χ3v) is 4.57. The van der Waals surface area contributed by atoms with Crippen molar-refractivity contribution < 1.29 is 9.18 Å². The fourth-order valence-electron chi connectivity index (χ4n) is 2.85. The van der Waals surface area contributed by atoms with Crippen LogP contribution >= 0.6 is 23.2 Å². The molecule has 2 aromatic carbocycles. The Hall–Kier alpha value is -1.98. The molecule has 0 spiro atoms. The van der Waals surface area contributed by atoms with Gasteiger partial charge in [0.2, 0.25) is 5.91 Å². The van der Waals surface area contributed by atoms with Gasteiger partial charge in [0.15, 0.2) is 0 Å². The normalized spacial score (nSPS) is 14.5. The van der Waals surface area contributed by atoms with Gasteiger partial charge in [-0.05, 0) is 30.3 Å². The Morgan fingerprint density at radius 2 is 1.68 bits per heavy atom. The summed E-state index contributed by atoms with van der Waals surface area (Å²) < 4.78 is 13.8. The highest BCUT2D eigenvalue weighted by Gasteiger charge is 2.22. The van der Waals surface area contributed by atoms with Crippen LogP contribution in [0.4, 0.5) is 15.8 Å². The van der Waals surface area contributed by atoms with Gasteiger partial charge in [0, 0.05) is 41.9 Å². The van der Waals surface area contributed by atoms with Crippen LogP contribution in [-0.4, -0.2) is 43.5 Å². The molecule has 4 nitrogen and oxygen atoms in total. The molecule has 1 aliphatic heterocycles. The number of benzene rings is 2. The minimum absolute atomic E-state index is 0.00992. The van der Waals surface area contributed by atoms with Crippen LogP contribution < -0.4 is 10.2 Å². The number of nitrogens with zero attached hydrogens (tertiary/aromatic N) is 2. The summed E-state index contributed by atoms with van der Waals surface area (Å²) in [7, 11) is 0. The van der Waals surface area contributed by atoms with E-state index in [-0.39, 0.29) is 18.3 Å². The average Bonchev–Trinajstić information content (AvgIpc) is 2.59. The third-order valence-electron chi connectivity index (χ3n) is 4.13. The van der Waals surface area contributed by atoms with Gasteiger partial charge in [0.25, 0.3) is 0 Å². The lowest BCUT2D eigenvalue weighted by molar-refractivity contribution is -0.129. The monoisotopic (exact) mass is 381 g/mol. The van der Waals surface area contributed by atoms with Crippen molar-refractivity contribution in [2.24, 2.45) is 0 Å². The van der Waals surface area contributed by atoms with Crippen LogP contribution in [0.5, 0.6) is 0 Å². The summed E-state index contributed by atoms with van der Waals surface area (Å²) in [4.78, 5) is 16.1. The van der Waals surface area contributed by atoms with Crippen molar-refractivity contribution in [2.75, 3.05) is 42.9 Å². The minimum Gasteiger partial charge on any atom is -0.376 e. The fourth-order valence-corrected chi connectivity index (χ4v) is 3.38. The quantitative estimate of drug-likeness (QED) is 0.872. The van der Waals surface area contributed by atoms with Crippen molar-refractivity contribution in [2.45, 2.75) is 0 Å². The van der Waals surface area contributed by atoms with E-state index >= 15 is 0 Å². The van der Waals surface area contributed by atoms with Crippen LogP contribution in [0.25, 0.3) is 0 Å². The minimum atomic E-state index is -0.234. The molecule has 132 valence electrons. The van der Waals surface area contributed by atoms with E-state index in [1.165, 1.54) is 6.07 Å². The second-order valence-electron chi connectivity index (χ2n) is 5.83. The summed E-state index contributed by atoms with van der Waals surface area (Å²) in [5.74, 6) is -0.244. The highest BCUT2D eigenvalue weighted by atomic mass is 35.5.